The average Bonchev–Trinajstić information content (AvgIpc) is 2.29. The van der Waals surface area contributed by atoms with Crippen molar-refractivity contribution >= 4 is 29.1 Å². The van der Waals surface area contributed by atoms with Crippen LogP contribution in [0.15, 0.2) is 23.1 Å². The molecule has 0 fully saturated rings. The maximum atomic E-state index is 5.96. The molecule has 0 radical (unpaired) electrons. The van der Waals surface area contributed by atoms with E-state index in [0.717, 1.165) is 11.6 Å². The van der Waals surface area contributed by atoms with Gasteiger partial charge in [-0.15, -0.1) is 11.8 Å². The molecule has 2 rings (SSSR count). The third-order valence-electron chi connectivity index (χ3n) is 2.23. The van der Waals surface area contributed by atoms with Crippen molar-refractivity contribution in [3.8, 4) is 0 Å². The molecule has 3 heteroatoms. The predicted molar refractivity (Wildman–Crippen MR) is 60.1 cm³/mol. The van der Waals surface area contributed by atoms with Gasteiger partial charge < -0.3 is 4.90 Å². The lowest BCUT2D eigenvalue weighted by Crippen LogP contribution is -2.17. The highest BCUT2D eigenvalue weighted by molar-refractivity contribution is 7.99. The van der Waals surface area contributed by atoms with Crippen molar-refractivity contribution in [3.05, 3.63) is 23.2 Å². The maximum Gasteiger partial charge on any atom is 0.0516 e. The molecule has 0 unspecified atom stereocenters. The van der Waals surface area contributed by atoms with Crippen molar-refractivity contribution in [2.75, 3.05) is 24.2 Å². The van der Waals surface area contributed by atoms with E-state index in [1.165, 1.54) is 22.8 Å². The van der Waals surface area contributed by atoms with Gasteiger partial charge in [0.1, 0.15) is 0 Å². The molecule has 1 aromatic carbocycles. The van der Waals surface area contributed by atoms with Gasteiger partial charge in [-0.25, -0.2) is 0 Å². The van der Waals surface area contributed by atoms with Crippen LogP contribution in [-0.4, -0.2) is 19.3 Å². The zero-order chi connectivity index (χ0) is 9.26. The summed E-state index contributed by atoms with van der Waals surface area (Å²) in [5.74, 6) is 1.21. The molecule has 0 saturated heterocycles. The van der Waals surface area contributed by atoms with Crippen molar-refractivity contribution in [1.29, 1.82) is 0 Å². The third-order valence-corrected chi connectivity index (χ3v) is 3.61. The molecule has 13 heavy (non-hydrogen) atoms. The number of benzene rings is 1. The summed E-state index contributed by atoms with van der Waals surface area (Å²) < 4.78 is 0. The predicted octanol–water partition coefficient (Wildman–Crippen LogP) is 3.27. The molecule has 0 bridgehead atoms. The summed E-state index contributed by atoms with van der Waals surface area (Å²) in [5, 5.41) is 0.827. The molecule has 0 aromatic heterocycles. The fourth-order valence-corrected chi connectivity index (χ4v) is 2.70. The second-order valence-corrected chi connectivity index (χ2v) is 4.81. The summed E-state index contributed by atoms with van der Waals surface area (Å²) in [6.07, 6.45) is 1.24. The van der Waals surface area contributed by atoms with Crippen LogP contribution in [0, 0.1) is 0 Å². The van der Waals surface area contributed by atoms with E-state index in [1.807, 2.05) is 17.8 Å². The number of hydrogen-bond acceptors (Lipinski definition) is 2. The largest absolute Gasteiger partial charge is 0.374 e. The zero-order valence-corrected chi connectivity index (χ0v) is 9.16. The van der Waals surface area contributed by atoms with Crippen LogP contribution in [0.4, 0.5) is 5.69 Å². The molecule has 1 heterocycles. The van der Waals surface area contributed by atoms with Crippen molar-refractivity contribution in [2.24, 2.45) is 0 Å². The molecule has 0 saturated carbocycles. The molecule has 1 nitrogen and oxygen atoms in total. The Morgan fingerprint density at radius 1 is 1.46 bits per heavy atom. The minimum Gasteiger partial charge on any atom is -0.374 e. The van der Waals surface area contributed by atoms with E-state index >= 15 is 0 Å². The van der Waals surface area contributed by atoms with Crippen molar-refractivity contribution < 1.29 is 0 Å². The second kappa shape index (κ2) is 3.81. The van der Waals surface area contributed by atoms with E-state index in [-0.39, 0.29) is 0 Å². The van der Waals surface area contributed by atoms with Crippen LogP contribution in [0.3, 0.4) is 0 Å². The molecular weight excluding hydrogens is 202 g/mol. The van der Waals surface area contributed by atoms with E-state index < -0.39 is 0 Å². The fourth-order valence-electron chi connectivity index (χ4n) is 1.52. The van der Waals surface area contributed by atoms with Gasteiger partial charge in [0, 0.05) is 23.5 Å². The number of hydrogen-bond donors (Lipinski definition) is 0. The number of rotatable bonds is 0. The Morgan fingerprint density at radius 2 is 2.31 bits per heavy atom. The Hall–Kier alpha value is -0.340. The molecular formula is C10H12ClNS. The molecule has 0 spiro atoms. The summed E-state index contributed by atoms with van der Waals surface area (Å²) in [6, 6.07) is 6.13. The quantitative estimate of drug-likeness (QED) is 0.651. The van der Waals surface area contributed by atoms with E-state index in [2.05, 4.69) is 24.1 Å². The Morgan fingerprint density at radius 3 is 3.15 bits per heavy atom. The van der Waals surface area contributed by atoms with E-state index in [1.54, 1.807) is 0 Å². The molecule has 0 N–H and O–H groups in total. The topological polar surface area (TPSA) is 3.24 Å². The van der Waals surface area contributed by atoms with Crippen LogP contribution in [0.25, 0.3) is 0 Å². The van der Waals surface area contributed by atoms with E-state index in [9.17, 15) is 0 Å². The van der Waals surface area contributed by atoms with Crippen LogP contribution in [0.2, 0.25) is 5.02 Å². The second-order valence-electron chi connectivity index (χ2n) is 3.24. The van der Waals surface area contributed by atoms with Crippen molar-refractivity contribution in [3.63, 3.8) is 0 Å². The molecule has 0 amide bonds. The lowest BCUT2D eigenvalue weighted by Gasteiger charge is -2.18. The fraction of sp³-hybridized carbons (Fsp3) is 0.400. The highest BCUT2D eigenvalue weighted by Gasteiger charge is 2.12. The Labute approximate surface area is 88.1 Å². The summed E-state index contributed by atoms with van der Waals surface area (Å²) >= 11 is 7.88. The van der Waals surface area contributed by atoms with Gasteiger partial charge in [0.15, 0.2) is 0 Å². The maximum absolute atomic E-state index is 5.96. The Bertz CT molecular complexity index is 314. The molecule has 0 atom stereocenters. The van der Waals surface area contributed by atoms with E-state index in [4.69, 9.17) is 11.6 Å². The van der Waals surface area contributed by atoms with Crippen LogP contribution >= 0.6 is 23.4 Å². The SMILES string of the molecule is CN1CCCSc2ccc(Cl)cc21. The number of thioether (sulfide) groups is 1. The van der Waals surface area contributed by atoms with Gasteiger partial charge in [0.25, 0.3) is 0 Å². The Kier molecular flexibility index (Phi) is 2.70. The summed E-state index contributed by atoms with van der Waals surface area (Å²) in [5.41, 5.74) is 1.27. The van der Waals surface area contributed by atoms with Gasteiger partial charge in [-0.3, -0.25) is 0 Å². The molecule has 0 aliphatic carbocycles. The highest BCUT2D eigenvalue weighted by atomic mass is 35.5. The minimum atomic E-state index is 0.827. The summed E-state index contributed by atoms with van der Waals surface area (Å²) in [6.45, 7) is 1.13. The van der Waals surface area contributed by atoms with Gasteiger partial charge in [-0.2, -0.15) is 0 Å². The smallest absolute Gasteiger partial charge is 0.0516 e. The molecule has 1 aromatic rings. The number of nitrogens with zero attached hydrogens (tertiary/aromatic N) is 1. The summed E-state index contributed by atoms with van der Waals surface area (Å²) in [7, 11) is 2.13. The van der Waals surface area contributed by atoms with Crippen LogP contribution in [0.1, 0.15) is 6.42 Å². The van der Waals surface area contributed by atoms with Crippen LogP contribution in [-0.2, 0) is 0 Å². The lowest BCUT2D eigenvalue weighted by molar-refractivity contribution is 0.862. The molecule has 1 aliphatic heterocycles. The molecule has 70 valence electrons. The van der Waals surface area contributed by atoms with E-state index in [0.29, 0.717) is 0 Å². The van der Waals surface area contributed by atoms with Crippen LogP contribution < -0.4 is 4.90 Å². The van der Waals surface area contributed by atoms with Crippen molar-refractivity contribution in [1.82, 2.24) is 0 Å². The molecule has 1 aliphatic rings. The summed E-state index contributed by atoms with van der Waals surface area (Å²) in [4.78, 5) is 3.63. The number of anilines is 1. The monoisotopic (exact) mass is 213 g/mol. The third kappa shape index (κ3) is 1.94. The number of fused-ring (bicyclic) bond motifs is 1. The van der Waals surface area contributed by atoms with Gasteiger partial charge in [0.05, 0.1) is 5.69 Å². The average molecular weight is 214 g/mol. The first-order valence-corrected chi connectivity index (χ1v) is 5.77. The highest BCUT2D eigenvalue weighted by Crippen LogP contribution is 2.34. The Balaban J connectivity index is 2.43. The minimum absolute atomic E-state index is 0.827. The zero-order valence-electron chi connectivity index (χ0n) is 7.59. The standard InChI is InChI=1S/C10H12ClNS/c1-12-5-2-6-13-10-4-3-8(11)7-9(10)12/h3-4,7H,2,5-6H2,1H3. The first kappa shape index (κ1) is 9.22. The lowest BCUT2D eigenvalue weighted by atomic mass is 10.3. The first-order chi connectivity index (χ1) is 6.27. The van der Waals surface area contributed by atoms with Gasteiger partial charge in [0.2, 0.25) is 0 Å². The normalized spacial score (nSPS) is 16.6. The number of halogens is 1. The first-order valence-electron chi connectivity index (χ1n) is 4.41. The van der Waals surface area contributed by atoms with Gasteiger partial charge in [-0.05, 0) is 30.4 Å². The van der Waals surface area contributed by atoms with Gasteiger partial charge in [-0.1, -0.05) is 11.6 Å². The van der Waals surface area contributed by atoms with Crippen molar-refractivity contribution in [2.45, 2.75) is 11.3 Å². The van der Waals surface area contributed by atoms with Crippen LogP contribution in [0.5, 0.6) is 0 Å². The van der Waals surface area contributed by atoms with Gasteiger partial charge >= 0.3 is 0 Å².